The largest absolute Gasteiger partial charge is 0.382 e. The van der Waals surface area contributed by atoms with Gasteiger partial charge in [-0.05, 0) is 51.0 Å². The van der Waals surface area contributed by atoms with Crippen LogP contribution in [0.25, 0.3) is 0 Å². The zero-order valence-electron chi connectivity index (χ0n) is 21.4. The summed E-state index contributed by atoms with van der Waals surface area (Å²) < 4.78 is 56.1. The molecule has 0 saturated carbocycles. The van der Waals surface area contributed by atoms with Gasteiger partial charge >= 0.3 is 32.3 Å². The highest BCUT2D eigenvalue weighted by Gasteiger charge is 2.11. The second-order valence-electron chi connectivity index (χ2n) is 8.09. The minimum atomic E-state index is -3.65. The molecule has 0 heterocycles. The van der Waals surface area contributed by atoms with Crippen LogP contribution in [0.2, 0.25) is 0 Å². The van der Waals surface area contributed by atoms with Crippen LogP contribution in [0.1, 0.15) is 39.5 Å². The van der Waals surface area contributed by atoms with Gasteiger partial charge < -0.3 is 29.6 Å². The number of benzene rings is 2. The third-order valence-electron chi connectivity index (χ3n) is 5.01. The third kappa shape index (κ3) is 12.1. The molecule has 14 heteroatoms. The molecule has 0 aliphatic carbocycles. The normalized spacial score (nSPS) is 11.3. The lowest BCUT2D eigenvalue weighted by Crippen LogP contribution is -2.30. The minimum absolute atomic E-state index is 0.122. The summed E-state index contributed by atoms with van der Waals surface area (Å²) >= 11 is 0. The first-order chi connectivity index (χ1) is 18.0. The molecule has 0 spiro atoms. The number of carbonyl (C=O) groups is 2. The first-order valence-electron chi connectivity index (χ1n) is 12.2. The Labute approximate surface area is 223 Å². The Bertz CT molecular complexity index is 1180. The summed E-state index contributed by atoms with van der Waals surface area (Å²) in [6.07, 6.45) is 3.16. The molecule has 0 aliphatic rings. The van der Waals surface area contributed by atoms with Crippen LogP contribution in [0.4, 0.5) is 21.0 Å². The quantitative estimate of drug-likeness (QED) is 0.186. The Morgan fingerprint density at radius 3 is 1.42 bits per heavy atom. The molecule has 0 radical (unpaired) electrons. The lowest BCUT2D eigenvalue weighted by atomic mass is 10.2. The van der Waals surface area contributed by atoms with Gasteiger partial charge in [-0.3, -0.25) is 0 Å². The van der Waals surface area contributed by atoms with Crippen LogP contribution in [-0.2, 0) is 20.2 Å². The molecule has 2 rings (SSSR count). The summed E-state index contributed by atoms with van der Waals surface area (Å²) in [7, 11) is -7.30. The molecule has 0 atom stereocenters. The lowest BCUT2D eigenvalue weighted by molar-refractivity contribution is 0.250. The fourth-order valence-corrected chi connectivity index (χ4v) is 4.05. The lowest BCUT2D eigenvalue weighted by Gasteiger charge is -2.10. The van der Waals surface area contributed by atoms with Crippen molar-refractivity contribution in [2.24, 2.45) is 0 Å². The van der Waals surface area contributed by atoms with E-state index in [1.807, 2.05) is 0 Å². The Kier molecular flexibility index (Phi) is 12.1. The molecule has 210 valence electrons. The van der Waals surface area contributed by atoms with Gasteiger partial charge in [0.1, 0.15) is 11.5 Å². The predicted octanol–water partition coefficient (Wildman–Crippen LogP) is 3.65. The molecule has 0 aliphatic heterocycles. The SMILES string of the molecule is CCS(=O)(=O)Oc1cccc(NC(=O)NCCCCCCNC(=O)Nc2cccc(OS(=O)(=O)CC)c2)c1. The van der Waals surface area contributed by atoms with Crippen molar-refractivity contribution in [3.63, 3.8) is 0 Å². The summed E-state index contributed by atoms with van der Waals surface area (Å²) in [5, 5.41) is 10.7. The van der Waals surface area contributed by atoms with Crippen LogP contribution in [0.5, 0.6) is 11.5 Å². The minimum Gasteiger partial charge on any atom is -0.382 e. The molecule has 4 N–H and O–H groups in total. The van der Waals surface area contributed by atoms with Gasteiger partial charge in [0.15, 0.2) is 0 Å². The Morgan fingerprint density at radius 1 is 0.658 bits per heavy atom. The average molecular weight is 571 g/mol. The van der Waals surface area contributed by atoms with Crippen molar-refractivity contribution in [2.45, 2.75) is 39.5 Å². The number of hydrogen-bond acceptors (Lipinski definition) is 8. The van der Waals surface area contributed by atoms with Crippen molar-refractivity contribution in [3.8, 4) is 11.5 Å². The molecular weight excluding hydrogens is 536 g/mol. The summed E-state index contributed by atoms with van der Waals surface area (Å²) in [5.74, 6) is -0.0737. The summed E-state index contributed by atoms with van der Waals surface area (Å²) in [6, 6.07) is 11.4. The van der Waals surface area contributed by atoms with E-state index in [1.54, 1.807) is 24.3 Å². The van der Waals surface area contributed by atoms with Crippen molar-refractivity contribution in [1.29, 1.82) is 0 Å². The summed E-state index contributed by atoms with van der Waals surface area (Å²) in [4.78, 5) is 24.1. The molecule has 2 aromatic rings. The van der Waals surface area contributed by atoms with Gasteiger partial charge in [-0.15, -0.1) is 0 Å². The van der Waals surface area contributed by atoms with Crippen molar-refractivity contribution < 1.29 is 34.8 Å². The number of amides is 4. The standard InChI is InChI=1S/C24H34N4O8S2/c1-3-37(31,32)35-21-13-9-11-19(17-21)27-23(29)25-15-7-5-6-8-16-26-24(30)28-20-12-10-14-22(18-20)36-38(33,34)4-2/h9-14,17-18H,3-8,15-16H2,1-2H3,(H2,25,27,29)(H2,26,28,30). The molecule has 38 heavy (non-hydrogen) atoms. The Hall–Kier alpha value is -3.52. The van der Waals surface area contributed by atoms with E-state index >= 15 is 0 Å². The Balaban J connectivity index is 1.58. The highest BCUT2D eigenvalue weighted by molar-refractivity contribution is 7.87. The summed E-state index contributed by atoms with van der Waals surface area (Å²) in [6.45, 7) is 3.85. The maximum absolute atomic E-state index is 12.1. The van der Waals surface area contributed by atoms with Gasteiger partial charge in [0.2, 0.25) is 0 Å². The molecule has 0 unspecified atom stereocenters. The monoisotopic (exact) mass is 570 g/mol. The molecule has 0 bridgehead atoms. The van der Waals surface area contributed by atoms with Gasteiger partial charge in [-0.2, -0.15) is 16.8 Å². The van der Waals surface area contributed by atoms with E-state index in [9.17, 15) is 26.4 Å². The molecule has 12 nitrogen and oxygen atoms in total. The zero-order valence-corrected chi connectivity index (χ0v) is 23.0. The maximum atomic E-state index is 12.1. The number of anilines is 2. The fraction of sp³-hybridized carbons (Fsp3) is 0.417. The van der Waals surface area contributed by atoms with Gasteiger partial charge in [0.25, 0.3) is 0 Å². The van der Waals surface area contributed by atoms with E-state index in [-0.39, 0.29) is 23.0 Å². The van der Waals surface area contributed by atoms with Crippen LogP contribution in [-0.4, -0.2) is 53.5 Å². The van der Waals surface area contributed by atoms with Crippen molar-refractivity contribution in [3.05, 3.63) is 48.5 Å². The first-order valence-corrected chi connectivity index (χ1v) is 15.3. The van der Waals surface area contributed by atoms with E-state index in [0.717, 1.165) is 25.7 Å². The topological polar surface area (TPSA) is 169 Å². The molecule has 2 aromatic carbocycles. The number of rotatable bonds is 15. The van der Waals surface area contributed by atoms with Crippen molar-refractivity contribution >= 4 is 43.7 Å². The van der Waals surface area contributed by atoms with Gasteiger partial charge in [-0.1, -0.05) is 25.0 Å². The average Bonchev–Trinajstić information content (AvgIpc) is 2.85. The third-order valence-corrected chi connectivity index (χ3v) is 7.32. The van der Waals surface area contributed by atoms with Crippen LogP contribution >= 0.6 is 0 Å². The Morgan fingerprint density at radius 2 is 1.05 bits per heavy atom. The second kappa shape index (κ2) is 15.0. The second-order valence-corrected chi connectivity index (χ2v) is 11.8. The van der Waals surface area contributed by atoms with Crippen LogP contribution in [0, 0.1) is 0 Å². The van der Waals surface area contributed by atoms with Gasteiger partial charge in [0.05, 0.1) is 11.5 Å². The van der Waals surface area contributed by atoms with E-state index in [1.165, 1.54) is 38.1 Å². The fourth-order valence-electron chi connectivity index (χ4n) is 3.02. The number of hydrogen-bond donors (Lipinski definition) is 4. The van der Waals surface area contributed by atoms with Crippen molar-refractivity contribution in [2.75, 3.05) is 35.2 Å². The van der Waals surface area contributed by atoms with Crippen LogP contribution in [0.15, 0.2) is 48.5 Å². The molecule has 0 aromatic heterocycles. The van der Waals surface area contributed by atoms with E-state index in [2.05, 4.69) is 21.3 Å². The highest BCUT2D eigenvalue weighted by atomic mass is 32.2. The number of nitrogens with one attached hydrogen (secondary N) is 4. The smallest absolute Gasteiger partial charge is 0.319 e. The van der Waals surface area contributed by atoms with Gasteiger partial charge in [0, 0.05) is 36.6 Å². The first kappa shape index (κ1) is 30.7. The number of carbonyl (C=O) groups excluding carboxylic acids is 2. The predicted molar refractivity (Wildman–Crippen MR) is 146 cm³/mol. The molecule has 0 saturated heterocycles. The summed E-state index contributed by atoms with van der Waals surface area (Å²) in [5.41, 5.74) is 0.807. The van der Waals surface area contributed by atoms with E-state index in [0.29, 0.717) is 24.5 Å². The van der Waals surface area contributed by atoms with E-state index in [4.69, 9.17) is 8.37 Å². The number of unbranched alkanes of at least 4 members (excludes halogenated alkanes) is 3. The zero-order chi connectivity index (χ0) is 28.0. The number of urea groups is 2. The molecular formula is C24H34N4O8S2. The molecule has 4 amide bonds. The maximum Gasteiger partial charge on any atom is 0.319 e. The molecule has 0 fully saturated rings. The highest BCUT2D eigenvalue weighted by Crippen LogP contribution is 2.20. The van der Waals surface area contributed by atoms with E-state index < -0.39 is 32.3 Å². The van der Waals surface area contributed by atoms with Crippen LogP contribution in [0.3, 0.4) is 0 Å². The van der Waals surface area contributed by atoms with Crippen LogP contribution < -0.4 is 29.6 Å². The van der Waals surface area contributed by atoms with Gasteiger partial charge in [-0.25, -0.2) is 9.59 Å². The van der Waals surface area contributed by atoms with Crippen molar-refractivity contribution in [1.82, 2.24) is 10.6 Å².